The van der Waals surface area contributed by atoms with Gasteiger partial charge in [0.05, 0.1) is 85.3 Å². The molecule has 59 heavy (non-hydrogen) atoms. The second kappa shape index (κ2) is 18.5. The van der Waals surface area contributed by atoms with Gasteiger partial charge in [-0.2, -0.15) is 0 Å². The lowest BCUT2D eigenvalue weighted by molar-refractivity contribution is 0.361. The molecule has 0 heterocycles. The summed E-state index contributed by atoms with van der Waals surface area (Å²) in [5.74, 6) is 7.55. The number of hydrogen-bond acceptors (Lipinski definition) is 12. The van der Waals surface area contributed by atoms with Crippen molar-refractivity contribution in [2.75, 3.05) is 85.3 Å². The Balaban J connectivity index is 1.70. The Hall–Kier alpha value is -6.30. The normalized spacial score (nSPS) is 12.1. The van der Waals surface area contributed by atoms with Crippen LogP contribution >= 0.6 is 0 Å². The molecule has 12 nitrogen and oxygen atoms in total. The third kappa shape index (κ3) is 8.08. The molecule has 0 spiro atoms. The topological polar surface area (TPSA) is 111 Å². The van der Waals surface area contributed by atoms with Crippen molar-refractivity contribution in [2.45, 2.75) is 32.1 Å². The molecule has 6 aliphatic carbocycles. The standard InChI is InChI=1S/C47H54O12/c1-48-36-20-28-14-32-42(54-7)24-44(56-9)34(46(32)58-11)16-30-22-41(53-6)31(23-40(30)52-5)17-35-45(57-10)25-43(55-8)33(47(35)59-12)15-29-21-37(49-2)27(19-39(29)51-4)13-26(36)18-38(28)50-3/h18-25H,13-17H2,1-12H3. The van der Waals surface area contributed by atoms with Crippen LogP contribution in [0.15, 0.2) is 48.5 Å². The number of benzene rings is 5. The van der Waals surface area contributed by atoms with E-state index in [-0.39, 0.29) is 0 Å². The van der Waals surface area contributed by atoms with Gasteiger partial charge in [0, 0.05) is 99.9 Å². The predicted molar refractivity (Wildman–Crippen MR) is 225 cm³/mol. The zero-order valence-corrected chi connectivity index (χ0v) is 36.1. The van der Waals surface area contributed by atoms with Crippen molar-refractivity contribution in [3.63, 3.8) is 0 Å². The van der Waals surface area contributed by atoms with Crippen LogP contribution in [-0.4, -0.2) is 85.3 Å². The number of hydrogen-bond donors (Lipinski definition) is 0. The lowest BCUT2D eigenvalue weighted by Crippen LogP contribution is -2.08. The van der Waals surface area contributed by atoms with Gasteiger partial charge in [-0.15, -0.1) is 0 Å². The van der Waals surface area contributed by atoms with E-state index in [2.05, 4.69) is 0 Å². The second-order valence-corrected chi connectivity index (χ2v) is 13.9. The monoisotopic (exact) mass is 810 g/mol. The van der Waals surface area contributed by atoms with Gasteiger partial charge in [0.1, 0.15) is 69.0 Å². The molecule has 314 valence electrons. The maximum Gasteiger partial charge on any atom is 0.133 e. The van der Waals surface area contributed by atoms with Crippen LogP contribution in [0.3, 0.4) is 0 Å². The molecule has 0 radical (unpaired) electrons. The van der Waals surface area contributed by atoms with Gasteiger partial charge in [-0.3, -0.25) is 0 Å². The van der Waals surface area contributed by atoms with Crippen LogP contribution in [0.4, 0.5) is 0 Å². The first kappa shape index (κ1) is 42.3. The molecule has 11 rings (SSSR count). The molecule has 5 aromatic carbocycles. The lowest BCUT2D eigenvalue weighted by Gasteiger charge is -2.23. The van der Waals surface area contributed by atoms with Gasteiger partial charge in [0.15, 0.2) is 0 Å². The summed E-state index contributed by atoms with van der Waals surface area (Å²) in [7, 11) is 19.7. The van der Waals surface area contributed by atoms with Crippen LogP contribution in [0.5, 0.6) is 69.0 Å². The van der Waals surface area contributed by atoms with E-state index in [0.29, 0.717) is 101 Å². The Kier molecular flexibility index (Phi) is 13.3. The molecule has 0 atom stereocenters. The number of ether oxygens (including phenoxy) is 12. The van der Waals surface area contributed by atoms with Gasteiger partial charge < -0.3 is 56.8 Å². The van der Waals surface area contributed by atoms with Gasteiger partial charge in [-0.25, -0.2) is 0 Å². The molecular formula is C47H54O12. The van der Waals surface area contributed by atoms with E-state index in [9.17, 15) is 0 Å². The number of methoxy groups -OCH3 is 12. The van der Waals surface area contributed by atoms with Gasteiger partial charge in [-0.05, 0) is 36.4 Å². The highest BCUT2D eigenvalue weighted by molar-refractivity contribution is 5.65. The summed E-state index contributed by atoms with van der Waals surface area (Å²) in [5, 5.41) is 0. The Morgan fingerprint density at radius 1 is 0.220 bits per heavy atom. The summed E-state index contributed by atoms with van der Waals surface area (Å²) in [5.41, 5.74) is 8.41. The summed E-state index contributed by atoms with van der Waals surface area (Å²) in [4.78, 5) is 0. The minimum Gasteiger partial charge on any atom is -0.496 e. The summed E-state index contributed by atoms with van der Waals surface area (Å²) in [6, 6.07) is 15.7. The van der Waals surface area contributed by atoms with Gasteiger partial charge in [0.25, 0.3) is 0 Å². The average molecular weight is 811 g/mol. The molecule has 6 aliphatic rings. The molecule has 5 aromatic rings. The Morgan fingerprint density at radius 2 is 0.407 bits per heavy atom. The first-order chi connectivity index (χ1) is 28.7. The van der Waals surface area contributed by atoms with E-state index in [1.165, 1.54) is 0 Å². The van der Waals surface area contributed by atoms with Crippen molar-refractivity contribution >= 4 is 0 Å². The maximum atomic E-state index is 6.24. The van der Waals surface area contributed by atoms with Crippen LogP contribution in [0, 0.1) is 0 Å². The highest BCUT2D eigenvalue weighted by Crippen LogP contribution is 2.47. The van der Waals surface area contributed by atoms with Crippen molar-refractivity contribution < 1.29 is 56.8 Å². The Bertz CT molecular complexity index is 2150. The van der Waals surface area contributed by atoms with E-state index in [1.807, 2.05) is 48.5 Å². The molecule has 0 unspecified atom stereocenters. The zero-order chi connectivity index (χ0) is 42.4. The van der Waals surface area contributed by atoms with Gasteiger partial charge >= 0.3 is 0 Å². The van der Waals surface area contributed by atoms with Crippen molar-refractivity contribution in [1.82, 2.24) is 0 Å². The van der Waals surface area contributed by atoms with Gasteiger partial charge in [0.2, 0.25) is 0 Å². The first-order valence-corrected chi connectivity index (χ1v) is 19.0. The van der Waals surface area contributed by atoms with Crippen LogP contribution < -0.4 is 56.8 Å². The quantitative estimate of drug-likeness (QED) is 0.119. The highest BCUT2D eigenvalue weighted by Gasteiger charge is 2.28. The van der Waals surface area contributed by atoms with Crippen molar-refractivity contribution in [1.29, 1.82) is 0 Å². The third-order valence-electron chi connectivity index (χ3n) is 11.0. The van der Waals surface area contributed by atoms with Crippen LogP contribution in [0.25, 0.3) is 0 Å². The predicted octanol–water partition coefficient (Wildman–Crippen LogP) is 8.06. The molecule has 0 amide bonds. The first-order valence-electron chi connectivity index (χ1n) is 19.0. The molecule has 0 saturated heterocycles. The molecule has 12 heteroatoms. The minimum absolute atomic E-state index is 0.378. The van der Waals surface area contributed by atoms with Crippen LogP contribution in [0.2, 0.25) is 0 Å². The fraction of sp³-hybridized carbons (Fsp3) is 0.362. The van der Waals surface area contributed by atoms with E-state index in [1.54, 1.807) is 85.3 Å². The van der Waals surface area contributed by atoms with E-state index in [4.69, 9.17) is 56.8 Å². The summed E-state index contributed by atoms with van der Waals surface area (Å²) >= 11 is 0. The van der Waals surface area contributed by atoms with Crippen LogP contribution in [0.1, 0.15) is 55.6 Å². The summed E-state index contributed by atoms with van der Waals surface area (Å²) < 4.78 is 72.7. The third-order valence-corrected chi connectivity index (χ3v) is 11.0. The largest absolute Gasteiger partial charge is 0.496 e. The minimum atomic E-state index is 0.378. The highest BCUT2D eigenvalue weighted by atomic mass is 16.5. The fourth-order valence-corrected chi connectivity index (χ4v) is 8.16. The average Bonchev–Trinajstić information content (AvgIpc) is 3.26. The number of rotatable bonds is 12. The van der Waals surface area contributed by atoms with Crippen LogP contribution in [-0.2, 0) is 32.1 Å². The Labute approximate surface area is 346 Å². The van der Waals surface area contributed by atoms with Crippen molar-refractivity contribution in [2.24, 2.45) is 0 Å². The van der Waals surface area contributed by atoms with Gasteiger partial charge in [-0.1, -0.05) is 0 Å². The smallest absolute Gasteiger partial charge is 0.133 e. The zero-order valence-electron chi connectivity index (χ0n) is 36.1. The maximum absolute atomic E-state index is 6.24. The van der Waals surface area contributed by atoms with E-state index >= 15 is 0 Å². The molecule has 0 aromatic heterocycles. The van der Waals surface area contributed by atoms with E-state index < -0.39 is 0 Å². The van der Waals surface area contributed by atoms with E-state index in [0.717, 1.165) is 55.6 Å². The summed E-state index contributed by atoms with van der Waals surface area (Å²) in [6.45, 7) is 0. The lowest BCUT2D eigenvalue weighted by atomic mass is 9.92. The fourth-order valence-electron chi connectivity index (χ4n) is 8.16. The molecule has 0 N–H and O–H groups in total. The molecule has 0 aliphatic heterocycles. The van der Waals surface area contributed by atoms with Crippen molar-refractivity contribution in [3.05, 3.63) is 104 Å². The molecular weight excluding hydrogens is 757 g/mol. The van der Waals surface area contributed by atoms with Crippen molar-refractivity contribution in [3.8, 4) is 69.0 Å². The second-order valence-electron chi connectivity index (χ2n) is 13.9. The molecule has 0 fully saturated rings. The molecule has 0 saturated carbocycles. The molecule has 10 bridgehead atoms. The summed E-state index contributed by atoms with van der Waals surface area (Å²) in [6.07, 6.45) is 1.99. The Morgan fingerprint density at radius 3 is 0.576 bits per heavy atom. The SMILES string of the molecule is COc1cc2c(OC)cc1Cc1cc(OC)c(cc1OC)Cc1c(OC)cc(OC)c(c1OC)Cc1cc(OC)c(cc1OC)Cc1c(OC)cc(OC)c(c1OC)C2.